The molecule has 0 spiro atoms. The highest BCUT2D eigenvalue weighted by atomic mass is 19.1. The summed E-state index contributed by atoms with van der Waals surface area (Å²) >= 11 is 0. The molecule has 166 valence electrons. The molecule has 0 saturated heterocycles. The molecule has 5 nitrogen and oxygen atoms in total. The molecule has 0 saturated carbocycles. The number of para-hydroxylation sites is 1. The summed E-state index contributed by atoms with van der Waals surface area (Å²) in [5.41, 5.74) is 3.20. The van der Waals surface area contributed by atoms with E-state index >= 15 is 0 Å². The monoisotopic (exact) mass is 434 g/mol. The van der Waals surface area contributed by atoms with Crippen LogP contribution >= 0.6 is 0 Å². The van der Waals surface area contributed by atoms with E-state index in [0.717, 1.165) is 11.3 Å². The molecule has 1 unspecified atom stereocenters. The smallest absolute Gasteiger partial charge is 0.254 e. The highest BCUT2D eigenvalue weighted by Gasteiger charge is 2.42. The van der Waals surface area contributed by atoms with Crippen LogP contribution in [-0.2, 0) is 9.59 Å². The fourth-order valence-electron chi connectivity index (χ4n) is 4.64. The van der Waals surface area contributed by atoms with Gasteiger partial charge in [0.15, 0.2) is 5.78 Å². The minimum Gasteiger partial charge on any atom is -0.497 e. The van der Waals surface area contributed by atoms with Crippen molar-refractivity contribution in [3.8, 4) is 5.75 Å². The van der Waals surface area contributed by atoms with Crippen molar-refractivity contribution in [2.24, 2.45) is 5.41 Å². The third-order valence-electron chi connectivity index (χ3n) is 6.03. The first-order valence-corrected chi connectivity index (χ1v) is 10.6. The van der Waals surface area contributed by atoms with Gasteiger partial charge in [-0.15, -0.1) is 0 Å². The Labute approximate surface area is 187 Å². The van der Waals surface area contributed by atoms with Gasteiger partial charge in [0.25, 0.3) is 5.91 Å². The van der Waals surface area contributed by atoms with Crippen LogP contribution in [-0.4, -0.2) is 18.8 Å². The number of anilines is 1. The van der Waals surface area contributed by atoms with Gasteiger partial charge < -0.3 is 15.4 Å². The molecule has 2 aromatic carbocycles. The number of hydrogen-bond donors (Lipinski definition) is 2. The quantitative estimate of drug-likeness (QED) is 0.705. The average molecular weight is 435 g/mol. The lowest BCUT2D eigenvalue weighted by molar-refractivity contribution is -0.118. The fourth-order valence-corrected chi connectivity index (χ4v) is 4.64. The Kier molecular flexibility index (Phi) is 5.63. The maximum absolute atomic E-state index is 14.2. The Morgan fingerprint density at radius 3 is 2.62 bits per heavy atom. The van der Waals surface area contributed by atoms with Crippen LogP contribution in [0.15, 0.2) is 71.1 Å². The van der Waals surface area contributed by atoms with E-state index < -0.39 is 17.6 Å². The summed E-state index contributed by atoms with van der Waals surface area (Å²) in [6, 6.07) is 13.4. The molecule has 2 aromatic rings. The van der Waals surface area contributed by atoms with E-state index in [9.17, 15) is 14.0 Å². The molecule has 4 rings (SSSR count). The SMILES string of the molecule is COc1cccc(C2C(C(=O)Nc3ccccc3F)=C(C)NC3=C2C(=O)CC(C)(C)C3)c1. The van der Waals surface area contributed by atoms with E-state index in [1.807, 2.05) is 31.2 Å². The molecule has 0 radical (unpaired) electrons. The molecule has 2 aliphatic rings. The van der Waals surface area contributed by atoms with E-state index in [2.05, 4.69) is 24.5 Å². The third kappa shape index (κ3) is 4.05. The molecule has 2 N–H and O–H groups in total. The Morgan fingerprint density at radius 2 is 1.91 bits per heavy atom. The Bertz CT molecular complexity index is 1160. The second-order valence-corrected chi connectivity index (χ2v) is 9.14. The molecule has 1 aliphatic heterocycles. The van der Waals surface area contributed by atoms with Crippen LogP contribution < -0.4 is 15.4 Å². The summed E-state index contributed by atoms with van der Waals surface area (Å²) in [7, 11) is 1.58. The average Bonchev–Trinajstić information content (AvgIpc) is 2.73. The molecule has 1 amide bonds. The summed E-state index contributed by atoms with van der Waals surface area (Å²) in [6.07, 6.45) is 1.10. The lowest BCUT2D eigenvalue weighted by Crippen LogP contribution is -2.39. The minimum absolute atomic E-state index is 0.0141. The van der Waals surface area contributed by atoms with Gasteiger partial charge in [0.2, 0.25) is 0 Å². The molecular formula is C26H27FN2O3. The molecule has 32 heavy (non-hydrogen) atoms. The van der Waals surface area contributed by atoms with Gasteiger partial charge in [0, 0.05) is 34.9 Å². The predicted molar refractivity (Wildman–Crippen MR) is 122 cm³/mol. The Balaban J connectivity index is 1.83. The van der Waals surface area contributed by atoms with Crippen molar-refractivity contribution in [2.75, 3.05) is 12.4 Å². The first-order chi connectivity index (χ1) is 15.2. The van der Waals surface area contributed by atoms with E-state index in [1.165, 1.54) is 12.1 Å². The molecule has 0 aromatic heterocycles. The second kappa shape index (κ2) is 8.26. The largest absolute Gasteiger partial charge is 0.497 e. The molecule has 1 atom stereocenters. The number of ether oxygens (including phenoxy) is 1. The van der Waals surface area contributed by atoms with Gasteiger partial charge in [0.1, 0.15) is 11.6 Å². The first kappa shape index (κ1) is 21.8. The summed E-state index contributed by atoms with van der Waals surface area (Å²) < 4.78 is 19.6. The molecule has 1 aliphatic carbocycles. The number of benzene rings is 2. The van der Waals surface area contributed by atoms with Crippen molar-refractivity contribution in [1.82, 2.24) is 5.32 Å². The third-order valence-corrected chi connectivity index (χ3v) is 6.03. The van der Waals surface area contributed by atoms with E-state index in [-0.39, 0.29) is 16.9 Å². The standard InChI is InChI=1S/C26H27FN2O3/c1-15-22(25(31)29-19-11-6-5-10-18(19)27)23(16-8-7-9-17(12-16)32-4)24-20(28-15)13-26(2,3)14-21(24)30/h5-12,23,28H,13-14H2,1-4H3,(H,29,31). The van der Waals surface area contributed by atoms with Crippen molar-refractivity contribution in [1.29, 1.82) is 0 Å². The number of halogens is 1. The summed E-state index contributed by atoms with van der Waals surface area (Å²) in [5, 5.41) is 6.00. The first-order valence-electron chi connectivity index (χ1n) is 10.6. The molecule has 0 fully saturated rings. The van der Waals surface area contributed by atoms with Crippen LogP contribution in [0.1, 0.15) is 45.1 Å². The van der Waals surface area contributed by atoms with Gasteiger partial charge in [-0.3, -0.25) is 9.59 Å². The summed E-state index contributed by atoms with van der Waals surface area (Å²) in [6.45, 7) is 5.95. The maximum atomic E-state index is 14.2. The highest BCUT2D eigenvalue weighted by molar-refractivity contribution is 6.10. The Morgan fingerprint density at radius 1 is 1.16 bits per heavy atom. The van der Waals surface area contributed by atoms with Crippen molar-refractivity contribution >= 4 is 17.4 Å². The number of carbonyl (C=O) groups excluding carboxylic acids is 2. The minimum atomic E-state index is -0.572. The summed E-state index contributed by atoms with van der Waals surface area (Å²) in [4.78, 5) is 26.8. The second-order valence-electron chi connectivity index (χ2n) is 9.14. The van der Waals surface area contributed by atoms with Crippen LogP contribution in [0.25, 0.3) is 0 Å². The molecule has 6 heteroatoms. The molecule has 1 heterocycles. The van der Waals surface area contributed by atoms with Gasteiger partial charge in [0.05, 0.1) is 12.8 Å². The van der Waals surface area contributed by atoms with Crippen LogP contribution in [0.5, 0.6) is 5.75 Å². The van der Waals surface area contributed by atoms with Crippen LogP contribution in [0, 0.1) is 11.2 Å². The van der Waals surface area contributed by atoms with Crippen LogP contribution in [0.3, 0.4) is 0 Å². The zero-order valence-electron chi connectivity index (χ0n) is 18.7. The van der Waals surface area contributed by atoms with E-state index in [1.54, 1.807) is 19.2 Å². The highest BCUT2D eigenvalue weighted by Crippen LogP contribution is 2.47. The normalized spacial score (nSPS) is 19.9. The van der Waals surface area contributed by atoms with Gasteiger partial charge >= 0.3 is 0 Å². The molecule has 0 bridgehead atoms. The number of ketones is 1. The number of methoxy groups -OCH3 is 1. The van der Waals surface area contributed by atoms with E-state index in [0.29, 0.717) is 35.4 Å². The van der Waals surface area contributed by atoms with Gasteiger partial charge in [-0.2, -0.15) is 0 Å². The van der Waals surface area contributed by atoms with Gasteiger partial charge in [-0.1, -0.05) is 38.1 Å². The van der Waals surface area contributed by atoms with Gasteiger partial charge in [-0.05, 0) is 48.6 Å². The number of rotatable bonds is 4. The number of allylic oxidation sites excluding steroid dienone is 3. The zero-order chi connectivity index (χ0) is 23.0. The van der Waals surface area contributed by atoms with Crippen molar-refractivity contribution in [3.63, 3.8) is 0 Å². The van der Waals surface area contributed by atoms with Crippen molar-refractivity contribution < 1.29 is 18.7 Å². The zero-order valence-corrected chi connectivity index (χ0v) is 18.7. The van der Waals surface area contributed by atoms with E-state index in [4.69, 9.17) is 4.74 Å². The topological polar surface area (TPSA) is 67.4 Å². The van der Waals surface area contributed by atoms with Crippen LogP contribution in [0.4, 0.5) is 10.1 Å². The van der Waals surface area contributed by atoms with Crippen LogP contribution in [0.2, 0.25) is 0 Å². The fraction of sp³-hybridized carbons (Fsp3) is 0.308. The van der Waals surface area contributed by atoms with Crippen molar-refractivity contribution in [3.05, 3.63) is 82.5 Å². The number of hydrogen-bond acceptors (Lipinski definition) is 4. The number of carbonyl (C=O) groups is 2. The lowest BCUT2D eigenvalue weighted by atomic mass is 9.68. The number of dihydropyridines is 1. The number of amides is 1. The number of Topliss-reactive ketones (excluding diaryl/α,β-unsaturated/α-hetero) is 1. The van der Waals surface area contributed by atoms with Gasteiger partial charge in [-0.25, -0.2) is 4.39 Å². The summed E-state index contributed by atoms with van der Waals surface area (Å²) in [5.74, 6) is -0.886. The lowest BCUT2D eigenvalue weighted by Gasteiger charge is -2.39. The Hall–Kier alpha value is -3.41. The molecular weight excluding hydrogens is 407 g/mol. The predicted octanol–water partition coefficient (Wildman–Crippen LogP) is 5.08. The maximum Gasteiger partial charge on any atom is 0.254 e. The van der Waals surface area contributed by atoms with Crippen molar-refractivity contribution in [2.45, 2.75) is 39.5 Å². The number of nitrogens with one attached hydrogen (secondary N) is 2.